The Labute approximate surface area is 108 Å². The molecule has 0 aromatic heterocycles. The maximum Gasteiger partial charge on any atom is 0.469 e. The van der Waals surface area contributed by atoms with Gasteiger partial charge in [0.25, 0.3) is 0 Å². The van der Waals surface area contributed by atoms with Crippen molar-refractivity contribution < 1.29 is 54.1 Å². The summed E-state index contributed by atoms with van der Waals surface area (Å²) in [5.41, 5.74) is 0. The monoisotopic (exact) mass is 326 g/mol. The number of phosphoric ester groups is 2. The van der Waals surface area contributed by atoms with Gasteiger partial charge in [-0.15, -0.1) is 0 Å². The van der Waals surface area contributed by atoms with Gasteiger partial charge in [0, 0.05) is 0 Å². The first-order chi connectivity index (χ1) is 8.84. The van der Waals surface area contributed by atoms with Crippen LogP contribution in [0.4, 0.5) is 0 Å². The third-order valence-electron chi connectivity index (χ3n) is 2.12. The SMILES string of the molecule is [3H][C@]1(COP(=O)(O)O)O[C@H](COP(=O)(O)O)[C@H](O)[C@@H]1O. The van der Waals surface area contributed by atoms with Gasteiger partial charge in [-0.25, -0.2) is 9.13 Å². The molecule has 11 nitrogen and oxygen atoms in total. The number of hydrogen-bond acceptors (Lipinski definition) is 7. The molecule has 0 unspecified atom stereocenters. The molecule has 19 heavy (non-hydrogen) atoms. The van der Waals surface area contributed by atoms with Gasteiger partial charge in [-0.3, -0.25) is 9.05 Å². The summed E-state index contributed by atoms with van der Waals surface area (Å²) < 4.78 is 41.5. The first kappa shape index (κ1) is 15.5. The molecule has 0 aliphatic carbocycles. The van der Waals surface area contributed by atoms with Crippen LogP contribution in [0.3, 0.4) is 0 Å². The van der Waals surface area contributed by atoms with Crippen LogP contribution < -0.4 is 0 Å². The van der Waals surface area contributed by atoms with Crippen molar-refractivity contribution in [2.24, 2.45) is 0 Å². The fraction of sp³-hybridized carbons (Fsp3) is 1.00. The van der Waals surface area contributed by atoms with Crippen molar-refractivity contribution >= 4 is 15.6 Å². The molecular weight excluding hydrogens is 310 g/mol. The molecule has 4 atom stereocenters. The highest BCUT2D eigenvalue weighted by molar-refractivity contribution is 7.46. The Balaban J connectivity index is 2.67. The zero-order chi connectivity index (χ0) is 15.8. The highest BCUT2D eigenvalue weighted by Crippen LogP contribution is 2.39. The molecule has 13 heteroatoms. The van der Waals surface area contributed by atoms with Crippen molar-refractivity contribution in [2.75, 3.05) is 13.2 Å². The Hall–Kier alpha value is 0.1000. The molecule has 0 bridgehead atoms. The maximum atomic E-state index is 10.5. The highest BCUT2D eigenvalue weighted by Gasteiger charge is 2.44. The smallest absolute Gasteiger partial charge is 0.388 e. The molecule has 1 aliphatic heterocycles. The third-order valence-corrected chi connectivity index (χ3v) is 3.07. The number of aliphatic hydroxyl groups excluding tert-OH is 2. The van der Waals surface area contributed by atoms with Crippen molar-refractivity contribution in [3.8, 4) is 0 Å². The lowest BCUT2D eigenvalue weighted by atomic mass is 10.1. The second-order valence-corrected chi connectivity index (χ2v) is 6.09. The van der Waals surface area contributed by atoms with Crippen molar-refractivity contribution in [3.05, 3.63) is 0 Å². The Morgan fingerprint density at radius 1 is 1.00 bits per heavy atom. The lowest BCUT2D eigenvalue weighted by Crippen LogP contribution is -2.35. The summed E-state index contributed by atoms with van der Waals surface area (Å²) in [6.07, 6.45) is -7.56. The van der Waals surface area contributed by atoms with Gasteiger partial charge in [-0.05, 0) is 0 Å². The highest BCUT2D eigenvalue weighted by atomic mass is 31.2. The van der Waals surface area contributed by atoms with Crippen molar-refractivity contribution in [1.29, 1.82) is 0 Å². The maximum absolute atomic E-state index is 10.5. The molecule has 0 aromatic carbocycles. The van der Waals surface area contributed by atoms with Crippen LogP contribution in [0.15, 0.2) is 0 Å². The summed E-state index contributed by atoms with van der Waals surface area (Å²) in [6.45, 7) is -1.90. The molecule has 0 amide bonds. The van der Waals surface area contributed by atoms with Gasteiger partial charge in [-0.2, -0.15) is 0 Å². The summed E-state index contributed by atoms with van der Waals surface area (Å²) in [5.74, 6) is 0. The second-order valence-electron chi connectivity index (χ2n) is 3.61. The summed E-state index contributed by atoms with van der Waals surface area (Å²) in [5, 5.41) is 19.1. The number of ether oxygens (including phenoxy) is 1. The van der Waals surface area contributed by atoms with Crippen LogP contribution in [0.1, 0.15) is 1.37 Å². The third kappa shape index (κ3) is 5.94. The molecule has 1 fully saturated rings. The molecule has 1 aliphatic rings. The van der Waals surface area contributed by atoms with E-state index in [0.717, 1.165) is 0 Å². The van der Waals surface area contributed by atoms with Gasteiger partial charge in [0.05, 0.1) is 14.6 Å². The van der Waals surface area contributed by atoms with Gasteiger partial charge in [0.1, 0.15) is 24.4 Å². The minimum absolute atomic E-state index is 0.834. The van der Waals surface area contributed by atoms with Gasteiger partial charge >= 0.3 is 15.6 Å². The van der Waals surface area contributed by atoms with Gasteiger partial charge in [0.15, 0.2) is 0 Å². The van der Waals surface area contributed by atoms with Crippen LogP contribution in [0.2, 0.25) is 0 Å². The number of phosphoric acid groups is 2. The summed E-state index contributed by atoms with van der Waals surface area (Å²) >= 11 is 0. The van der Waals surface area contributed by atoms with Crippen LogP contribution >= 0.6 is 15.6 Å². The molecule has 1 heterocycles. The fourth-order valence-corrected chi connectivity index (χ4v) is 1.93. The van der Waals surface area contributed by atoms with E-state index >= 15 is 0 Å². The molecule has 6 N–H and O–H groups in total. The fourth-order valence-electron chi connectivity index (χ4n) is 1.30. The summed E-state index contributed by atoms with van der Waals surface area (Å²) in [6, 6.07) is 0. The number of aliphatic hydroxyl groups is 2. The van der Waals surface area contributed by atoms with Crippen LogP contribution in [-0.4, -0.2) is 67.4 Å². The Bertz CT molecular complexity index is 433. The summed E-state index contributed by atoms with van der Waals surface area (Å²) in [4.78, 5) is 34.0. The Morgan fingerprint density at radius 2 is 1.47 bits per heavy atom. The molecule has 0 radical (unpaired) electrons. The van der Waals surface area contributed by atoms with E-state index in [1.807, 2.05) is 0 Å². The molecule has 114 valence electrons. The molecule has 0 saturated carbocycles. The Morgan fingerprint density at radius 3 is 1.95 bits per heavy atom. The van der Waals surface area contributed by atoms with E-state index in [9.17, 15) is 19.3 Å². The van der Waals surface area contributed by atoms with E-state index in [4.69, 9.17) is 25.7 Å². The van der Waals surface area contributed by atoms with Gasteiger partial charge in [0.2, 0.25) is 0 Å². The summed E-state index contributed by atoms with van der Waals surface area (Å²) in [7, 11) is -9.76. The van der Waals surface area contributed by atoms with Crippen molar-refractivity contribution in [2.45, 2.75) is 24.4 Å². The lowest BCUT2D eigenvalue weighted by molar-refractivity contribution is -0.0382. The van der Waals surface area contributed by atoms with E-state index < -0.39 is 53.3 Å². The standard InChI is InChI=1S/C6H14O11P2/c7-5-3(1-15-18(9,10)11)17-4(6(5)8)2-16-19(12,13)14/h3-8H,1-2H2,(H2,9,10,11)(H2,12,13,14)/t3-,4-,5-,6+/m1/s1/i3T. The average Bonchev–Trinajstić information content (AvgIpc) is 2.48. The van der Waals surface area contributed by atoms with Gasteiger partial charge in [-0.1, -0.05) is 0 Å². The first-order valence-electron chi connectivity index (χ1n) is 5.28. The first-order valence-corrected chi connectivity index (χ1v) is 7.84. The topological polar surface area (TPSA) is 183 Å². The molecule has 1 rings (SSSR count). The second kappa shape index (κ2) is 6.25. The largest absolute Gasteiger partial charge is 0.469 e. The minimum Gasteiger partial charge on any atom is -0.388 e. The zero-order valence-corrected chi connectivity index (χ0v) is 11.1. The lowest BCUT2D eigenvalue weighted by Gasteiger charge is -2.15. The number of hydrogen-bond donors (Lipinski definition) is 6. The van der Waals surface area contributed by atoms with E-state index in [2.05, 4.69) is 9.05 Å². The van der Waals surface area contributed by atoms with Crippen LogP contribution in [0, 0.1) is 0 Å². The van der Waals surface area contributed by atoms with Crippen LogP contribution in [-0.2, 0) is 22.9 Å². The van der Waals surface area contributed by atoms with Crippen LogP contribution in [0.25, 0.3) is 0 Å². The van der Waals surface area contributed by atoms with Crippen molar-refractivity contribution in [1.82, 2.24) is 0 Å². The minimum atomic E-state index is -4.92. The predicted octanol–water partition coefficient (Wildman–Crippen LogP) is -2.31. The normalized spacial score (nSPS) is 37.4. The van der Waals surface area contributed by atoms with E-state index in [1.54, 1.807) is 0 Å². The number of rotatable bonds is 6. The van der Waals surface area contributed by atoms with E-state index in [0.29, 0.717) is 0 Å². The van der Waals surface area contributed by atoms with Crippen LogP contribution in [0.5, 0.6) is 0 Å². The quantitative estimate of drug-likeness (QED) is 0.288. The van der Waals surface area contributed by atoms with Gasteiger partial charge < -0.3 is 34.5 Å². The van der Waals surface area contributed by atoms with Crippen molar-refractivity contribution in [3.63, 3.8) is 0 Å². The zero-order valence-electron chi connectivity index (χ0n) is 10.3. The average molecular weight is 326 g/mol. The predicted molar refractivity (Wildman–Crippen MR) is 56.7 cm³/mol. The van der Waals surface area contributed by atoms with E-state index in [-0.39, 0.29) is 0 Å². The molecular formula is C6H14O11P2. The molecule has 0 aromatic rings. The molecule has 1 saturated heterocycles. The van der Waals surface area contributed by atoms with E-state index in [1.165, 1.54) is 0 Å². The molecule has 0 spiro atoms. The Kier molecular flexibility index (Phi) is 5.09.